The fourth-order valence-electron chi connectivity index (χ4n) is 1.94. The van der Waals surface area contributed by atoms with E-state index in [-0.39, 0.29) is 0 Å². The lowest BCUT2D eigenvalue weighted by atomic mass is 9.84. The van der Waals surface area contributed by atoms with Gasteiger partial charge in [0, 0.05) is 12.2 Å². The van der Waals surface area contributed by atoms with Crippen molar-refractivity contribution < 1.29 is 9.90 Å². The number of carboxylic acid groups (broad SMARTS) is 1. The zero-order valence-electron chi connectivity index (χ0n) is 11.8. The number of carboxylic acids is 1. The Bertz CT molecular complexity index is 591. The van der Waals surface area contributed by atoms with Crippen molar-refractivity contribution in [2.45, 2.75) is 25.8 Å². The second-order valence-corrected chi connectivity index (χ2v) is 5.35. The molecule has 0 amide bonds. The highest BCUT2D eigenvalue weighted by Gasteiger charge is 2.29. The minimum Gasteiger partial charge on any atom is -0.481 e. The van der Waals surface area contributed by atoms with Crippen LogP contribution in [0.4, 0.5) is 5.69 Å². The minimum atomic E-state index is -0.884. The normalized spacial score (nSPS) is 11.1. The summed E-state index contributed by atoms with van der Waals surface area (Å²) >= 11 is 0. The molecule has 0 heterocycles. The first-order chi connectivity index (χ1) is 9.50. The van der Waals surface area contributed by atoms with Crippen LogP contribution >= 0.6 is 0 Å². The lowest BCUT2D eigenvalue weighted by molar-refractivity contribution is -0.142. The molecule has 2 aromatic rings. The lowest BCUT2D eigenvalue weighted by Gasteiger charge is -2.20. The van der Waals surface area contributed by atoms with Gasteiger partial charge in [0.1, 0.15) is 0 Å². The van der Waals surface area contributed by atoms with Crippen molar-refractivity contribution >= 4 is 11.7 Å². The topological polar surface area (TPSA) is 49.3 Å². The number of benzene rings is 2. The Hall–Kier alpha value is -2.29. The van der Waals surface area contributed by atoms with Gasteiger partial charge >= 0.3 is 5.97 Å². The summed E-state index contributed by atoms with van der Waals surface area (Å²) in [5.41, 5.74) is 2.03. The Morgan fingerprint density at radius 2 is 1.80 bits per heavy atom. The average molecular weight is 269 g/mol. The van der Waals surface area contributed by atoms with Gasteiger partial charge in [-0.3, -0.25) is 4.79 Å². The van der Waals surface area contributed by atoms with E-state index < -0.39 is 11.4 Å². The van der Waals surface area contributed by atoms with Gasteiger partial charge < -0.3 is 10.4 Å². The molecule has 0 aliphatic rings. The number of nitrogens with one attached hydrogen (secondary N) is 1. The van der Waals surface area contributed by atoms with Crippen LogP contribution in [0, 0.1) is 0 Å². The van der Waals surface area contributed by atoms with Gasteiger partial charge in [0.05, 0.1) is 5.41 Å². The van der Waals surface area contributed by atoms with Gasteiger partial charge in [-0.25, -0.2) is 0 Å². The zero-order valence-corrected chi connectivity index (χ0v) is 11.8. The van der Waals surface area contributed by atoms with Crippen LogP contribution in [-0.4, -0.2) is 11.1 Å². The van der Waals surface area contributed by atoms with Crippen LogP contribution in [0.5, 0.6) is 0 Å². The van der Waals surface area contributed by atoms with Gasteiger partial charge in [-0.1, -0.05) is 42.5 Å². The van der Waals surface area contributed by atoms with Crippen molar-refractivity contribution in [1.29, 1.82) is 0 Å². The van der Waals surface area contributed by atoms with Gasteiger partial charge in [0.15, 0.2) is 0 Å². The highest BCUT2D eigenvalue weighted by Crippen LogP contribution is 2.26. The van der Waals surface area contributed by atoms with Crippen LogP contribution < -0.4 is 5.32 Å². The van der Waals surface area contributed by atoms with Crippen LogP contribution in [0.2, 0.25) is 0 Å². The standard InChI is InChI=1S/C17H19NO2/c1-17(2,16(19)20)14-9-6-10-15(11-14)18-12-13-7-4-3-5-8-13/h3-11,18H,12H2,1-2H3,(H,19,20). The van der Waals surface area contributed by atoms with E-state index in [1.54, 1.807) is 13.8 Å². The number of rotatable bonds is 5. The first kappa shape index (κ1) is 14.1. The highest BCUT2D eigenvalue weighted by molar-refractivity contribution is 5.80. The van der Waals surface area contributed by atoms with Crippen molar-refractivity contribution in [2.24, 2.45) is 0 Å². The molecule has 0 fully saturated rings. The average Bonchev–Trinajstić information content (AvgIpc) is 2.46. The summed E-state index contributed by atoms with van der Waals surface area (Å²) in [7, 11) is 0. The van der Waals surface area contributed by atoms with Crippen molar-refractivity contribution in [3.05, 3.63) is 65.7 Å². The summed E-state index contributed by atoms with van der Waals surface area (Å²) in [4.78, 5) is 11.3. The molecular weight excluding hydrogens is 250 g/mol. The van der Waals surface area contributed by atoms with Crippen LogP contribution in [0.25, 0.3) is 0 Å². The molecule has 0 saturated heterocycles. The maximum absolute atomic E-state index is 11.3. The summed E-state index contributed by atoms with van der Waals surface area (Å²) < 4.78 is 0. The fraction of sp³-hybridized carbons (Fsp3) is 0.235. The van der Waals surface area contributed by atoms with E-state index in [0.29, 0.717) is 0 Å². The number of hydrogen-bond donors (Lipinski definition) is 2. The Balaban J connectivity index is 2.13. The number of aliphatic carboxylic acids is 1. The molecule has 3 heteroatoms. The molecule has 0 atom stereocenters. The highest BCUT2D eigenvalue weighted by atomic mass is 16.4. The SMILES string of the molecule is CC(C)(C(=O)O)c1cccc(NCc2ccccc2)c1. The van der Waals surface area contributed by atoms with Gasteiger partial charge in [0.25, 0.3) is 0 Å². The second-order valence-electron chi connectivity index (χ2n) is 5.35. The van der Waals surface area contributed by atoms with Gasteiger partial charge in [-0.2, -0.15) is 0 Å². The third-order valence-corrected chi connectivity index (χ3v) is 3.46. The molecule has 20 heavy (non-hydrogen) atoms. The smallest absolute Gasteiger partial charge is 0.313 e. The van der Waals surface area contributed by atoms with Crippen molar-refractivity contribution in [2.75, 3.05) is 5.32 Å². The van der Waals surface area contributed by atoms with Gasteiger partial charge in [-0.15, -0.1) is 0 Å². The molecule has 3 nitrogen and oxygen atoms in total. The van der Waals surface area contributed by atoms with E-state index >= 15 is 0 Å². The number of carbonyl (C=O) groups is 1. The van der Waals surface area contributed by atoms with Crippen molar-refractivity contribution in [1.82, 2.24) is 0 Å². The molecule has 104 valence electrons. The Kier molecular flexibility index (Phi) is 4.08. The van der Waals surface area contributed by atoms with Gasteiger partial charge in [0.2, 0.25) is 0 Å². The maximum atomic E-state index is 11.3. The summed E-state index contributed by atoms with van der Waals surface area (Å²) in [5, 5.41) is 12.6. The van der Waals surface area contributed by atoms with Crippen LogP contribution in [0.15, 0.2) is 54.6 Å². The molecule has 0 radical (unpaired) electrons. The first-order valence-corrected chi connectivity index (χ1v) is 6.62. The lowest BCUT2D eigenvalue weighted by Crippen LogP contribution is -2.28. The van der Waals surface area contributed by atoms with Crippen molar-refractivity contribution in [3.63, 3.8) is 0 Å². The summed E-state index contributed by atoms with van der Waals surface area (Å²) in [6.45, 7) is 4.15. The zero-order chi connectivity index (χ0) is 14.6. The number of hydrogen-bond acceptors (Lipinski definition) is 2. The van der Waals surface area contributed by atoms with Crippen LogP contribution in [0.3, 0.4) is 0 Å². The maximum Gasteiger partial charge on any atom is 0.313 e. The van der Waals surface area contributed by atoms with E-state index in [1.807, 2.05) is 42.5 Å². The summed E-state index contributed by atoms with van der Waals surface area (Å²) in [5.74, 6) is -0.822. The molecule has 2 N–H and O–H groups in total. The second kappa shape index (κ2) is 5.78. The quantitative estimate of drug-likeness (QED) is 0.871. The molecule has 0 aliphatic heterocycles. The Morgan fingerprint density at radius 1 is 1.10 bits per heavy atom. The summed E-state index contributed by atoms with van der Waals surface area (Å²) in [6, 6.07) is 17.7. The summed E-state index contributed by atoms with van der Waals surface area (Å²) in [6.07, 6.45) is 0. The molecule has 2 rings (SSSR count). The molecule has 0 bridgehead atoms. The molecule has 0 aliphatic carbocycles. The van der Waals surface area contributed by atoms with E-state index in [2.05, 4.69) is 17.4 Å². The molecule has 0 spiro atoms. The van der Waals surface area contributed by atoms with Crippen LogP contribution in [0.1, 0.15) is 25.0 Å². The molecule has 2 aromatic carbocycles. The van der Waals surface area contributed by atoms with E-state index in [1.165, 1.54) is 5.56 Å². The molecule has 0 aromatic heterocycles. The third kappa shape index (κ3) is 3.18. The predicted molar refractivity (Wildman–Crippen MR) is 80.9 cm³/mol. The monoisotopic (exact) mass is 269 g/mol. The third-order valence-electron chi connectivity index (χ3n) is 3.46. The van der Waals surface area contributed by atoms with Gasteiger partial charge in [-0.05, 0) is 37.1 Å². The number of anilines is 1. The largest absolute Gasteiger partial charge is 0.481 e. The van der Waals surface area contributed by atoms with Crippen LogP contribution in [-0.2, 0) is 16.8 Å². The predicted octanol–water partition coefficient (Wildman–Crippen LogP) is 3.66. The Morgan fingerprint density at radius 3 is 2.45 bits per heavy atom. The molecular formula is C17H19NO2. The molecule has 0 unspecified atom stereocenters. The van der Waals surface area contributed by atoms with Crippen molar-refractivity contribution in [3.8, 4) is 0 Å². The Labute approximate surface area is 119 Å². The first-order valence-electron chi connectivity index (χ1n) is 6.62. The van der Waals surface area contributed by atoms with E-state index in [9.17, 15) is 9.90 Å². The van der Waals surface area contributed by atoms with E-state index in [4.69, 9.17) is 0 Å². The van der Waals surface area contributed by atoms with E-state index in [0.717, 1.165) is 17.8 Å². The minimum absolute atomic E-state index is 0.720. The molecule has 0 saturated carbocycles. The fourth-order valence-corrected chi connectivity index (χ4v) is 1.94.